The molecule has 2 heterocycles. The molecule has 0 unspecified atom stereocenters. The van der Waals surface area contributed by atoms with Crippen LogP contribution in [-0.2, 0) is 9.30 Å². The molecule has 0 atom stereocenters. The van der Waals surface area contributed by atoms with Crippen LogP contribution in [0.2, 0.25) is 0 Å². The van der Waals surface area contributed by atoms with Gasteiger partial charge in [-0.2, -0.15) is 0 Å². The van der Waals surface area contributed by atoms with E-state index in [0.717, 1.165) is 64.7 Å². The zero-order valence-corrected chi connectivity index (χ0v) is 13.3. The first-order valence-electron chi connectivity index (χ1n) is 7.66. The number of ether oxygens (including phenoxy) is 1. The molecule has 2 rings (SSSR count). The van der Waals surface area contributed by atoms with Crippen LogP contribution in [0.5, 0.6) is 0 Å². The lowest BCUT2D eigenvalue weighted by molar-refractivity contribution is 0.163. The van der Waals surface area contributed by atoms with Gasteiger partial charge >= 0.3 is 13.7 Å². The van der Waals surface area contributed by atoms with Gasteiger partial charge in [0.15, 0.2) is 6.61 Å². The fourth-order valence-electron chi connectivity index (χ4n) is 2.88. The number of hydrogen-bond acceptors (Lipinski definition) is 3. The molecule has 2 aliphatic rings. The van der Waals surface area contributed by atoms with E-state index in [2.05, 4.69) is 11.0 Å². The van der Waals surface area contributed by atoms with Gasteiger partial charge in [0, 0.05) is 26.2 Å². The van der Waals surface area contributed by atoms with Crippen LogP contribution in [-0.4, -0.2) is 48.2 Å². The van der Waals surface area contributed by atoms with Crippen molar-refractivity contribution >= 4 is 13.7 Å². The summed E-state index contributed by atoms with van der Waals surface area (Å²) in [4.78, 5) is 11.8. The van der Waals surface area contributed by atoms with E-state index in [9.17, 15) is 9.36 Å². The maximum atomic E-state index is 13.5. The first-order chi connectivity index (χ1) is 10.2. The van der Waals surface area contributed by atoms with Gasteiger partial charge in [-0.25, -0.2) is 19.2 Å². The van der Waals surface area contributed by atoms with Gasteiger partial charge in [-0.3, -0.25) is 4.57 Å². The van der Waals surface area contributed by atoms with Crippen molar-refractivity contribution < 1.29 is 14.1 Å². The summed E-state index contributed by atoms with van der Waals surface area (Å²) in [6, 6.07) is 0. The number of carbonyl (C=O) groups is 1. The molecule has 2 aliphatic heterocycles. The van der Waals surface area contributed by atoms with E-state index in [0.29, 0.717) is 0 Å². The summed E-state index contributed by atoms with van der Waals surface area (Å²) in [7, 11) is -3.09. The fourth-order valence-corrected chi connectivity index (χ4v) is 5.47. The van der Waals surface area contributed by atoms with Crippen LogP contribution >= 0.6 is 7.59 Å². The molecular weight excluding hydrogens is 289 g/mol. The standard InChI is InChI=1S/C14H24N3O3P/c1-2-13-20-14(18)15-21(19,16-9-5-3-6-10-16)17-11-7-4-8-12-17/h1H,3-13H2,(H,15,18,19). The highest BCUT2D eigenvalue weighted by Crippen LogP contribution is 2.51. The molecule has 0 aromatic heterocycles. The van der Waals surface area contributed by atoms with Gasteiger partial charge in [-0.15, -0.1) is 6.42 Å². The minimum Gasteiger partial charge on any atom is -0.436 e. The second-order valence-electron chi connectivity index (χ2n) is 5.46. The van der Waals surface area contributed by atoms with Crippen molar-refractivity contribution in [2.45, 2.75) is 38.5 Å². The van der Waals surface area contributed by atoms with Gasteiger partial charge in [-0.05, 0) is 25.7 Å². The Labute approximate surface area is 126 Å². The molecule has 0 spiro atoms. The van der Waals surface area contributed by atoms with Crippen LogP contribution < -0.4 is 5.09 Å². The van der Waals surface area contributed by atoms with Crippen molar-refractivity contribution in [2.75, 3.05) is 32.8 Å². The zero-order valence-electron chi connectivity index (χ0n) is 12.4. The number of carbonyl (C=O) groups excluding carboxylic acids is 1. The predicted molar refractivity (Wildman–Crippen MR) is 81.8 cm³/mol. The van der Waals surface area contributed by atoms with E-state index in [1.807, 2.05) is 9.34 Å². The lowest BCUT2D eigenvalue weighted by Gasteiger charge is -2.41. The van der Waals surface area contributed by atoms with Gasteiger partial charge in [-0.1, -0.05) is 18.8 Å². The van der Waals surface area contributed by atoms with Gasteiger partial charge in [0.1, 0.15) is 0 Å². The molecule has 0 aliphatic carbocycles. The van der Waals surface area contributed by atoms with Crippen molar-refractivity contribution in [3.05, 3.63) is 0 Å². The molecule has 7 heteroatoms. The van der Waals surface area contributed by atoms with Crippen molar-refractivity contribution in [1.29, 1.82) is 0 Å². The molecular formula is C14H24N3O3P. The minimum absolute atomic E-state index is 0.105. The molecule has 2 saturated heterocycles. The summed E-state index contributed by atoms with van der Waals surface area (Å²) < 4.78 is 22.2. The summed E-state index contributed by atoms with van der Waals surface area (Å²) in [5.41, 5.74) is 0. The molecule has 0 radical (unpaired) electrons. The maximum Gasteiger partial charge on any atom is 0.415 e. The number of nitrogens with zero attached hydrogens (tertiary/aromatic N) is 2. The molecule has 2 fully saturated rings. The van der Waals surface area contributed by atoms with Gasteiger partial charge < -0.3 is 4.74 Å². The highest BCUT2D eigenvalue weighted by molar-refractivity contribution is 7.57. The fraction of sp³-hybridized carbons (Fsp3) is 0.786. The number of nitrogens with one attached hydrogen (secondary N) is 1. The predicted octanol–water partition coefficient (Wildman–Crippen LogP) is 2.43. The van der Waals surface area contributed by atoms with Crippen LogP contribution in [0.3, 0.4) is 0 Å². The average Bonchev–Trinajstić information content (AvgIpc) is 2.54. The summed E-state index contributed by atoms with van der Waals surface area (Å²) >= 11 is 0. The van der Waals surface area contributed by atoms with Crippen LogP contribution in [0.15, 0.2) is 0 Å². The lowest BCUT2D eigenvalue weighted by atomic mass is 10.2. The highest BCUT2D eigenvalue weighted by atomic mass is 31.2. The number of amides is 1. The Kier molecular flexibility index (Phi) is 6.10. The van der Waals surface area contributed by atoms with E-state index in [1.54, 1.807) is 0 Å². The van der Waals surface area contributed by atoms with Crippen LogP contribution in [0.1, 0.15) is 38.5 Å². The molecule has 6 nitrogen and oxygen atoms in total. The summed E-state index contributed by atoms with van der Waals surface area (Å²) in [6.45, 7) is 2.91. The van der Waals surface area contributed by atoms with Crippen molar-refractivity contribution in [1.82, 2.24) is 14.4 Å². The van der Waals surface area contributed by atoms with E-state index >= 15 is 0 Å². The van der Waals surface area contributed by atoms with Crippen molar-refractivity contribution in [3.63, 3.8) is 0 Å². The molecule has 0 aromatic rings. The lowest BCUT2D eigenvalue weighted by Crippen LogP contribution is -2.44. The normalized spacial score (nSPS) is 21.5. The minimum atomic E-state index is -3.09. The first kappa shape index (κ1) is 16.4. The van der Waals surface area contributed by atoms with E-state index in [4.69, 9.17) is 11.2 Å². The molecule has 0 aromatic carbocycles. The van der Waals surface area contributed by atoms with Gasteiger partial charge in [0.05, 0.1) is 0 Å². The monoisotopic (exact) mass is 313 g/mol. The Morgan fingerprint density at radius 1 is 1.05 bits per heavy atom. The Bertz CT molecular complexity index is 415. The van der Waals surface area contributed by atoms with E-state index in [-0.39, 0.29) is 6.61 Å². The van der Waals surface area contributed by atoms with Crippen LogP contribution in [0.4, 0.5) is 4.79 Å². The molecule has 118 valence electrons. The molecule has 1 amide bonds. The Balaban J connectivity index is 2.10. The van der Waals surface area contributed by atoms with E-state index in [1.165, 1.54) is 0 Å². The number of piperidine rings is 2. The second-order valence-corrected chi connectivity index (χ2v) is 7.91. The zero-order chi connectivity index (χ0) is 15.1. The maximum absolute atomic E-state index is 13.5. The smallest absolute Gasteiger partial charge is 0.415 e. The largest absolute Gasteiger partial charge is 0.436 e. The SMILES string of the molecule is C#CCOC(=O)NP(=O)(N1CCCCC1)N1CCCCC1. The van der Waals surface area contributed by atoms with Crippen molar-refractivity contribution in [2.24, 2.45) is 0 Å². The summed E-state index contributed by atoms with van der Waals surface area (Å²) in [6.07, 6.45) is 10.7. The first-order valence-corrected chi connectivity index (χ1v) is 9.27. The average molecular weight is 313 g/mol. The quantitative estimate of drug-likeness (QED) is 0.638. The van der Waals surface area contributed by atoms with E-state index < -0.39 is 13.7 Å². The molecule has 1 N–H and O–H groups in total. The highest BCUT2D eigenvalue weighted by Gasteiger charge is 2.40. The van der Waals surface area contributed by atoms with Crippen molar-refractivity contribution in [3.8, 4) is 12.3 Å². The third-order valence-electron chi connectivity index (χ3n) is 3.96. The molecule has 0 saturated carbocycles. The third-order valence-corrected chi connectivity index (χ3v) is 6.76. The topological polar surface area (TPSA) is 61.9 Å². The second kappa shape index (κ2) is 7.84. The number of rotatable bonds is 4. The third kappa shape index (κ3) is 4.23. The van der Waals surface area contributed by atoms with Crippen LogP contribution in [0, 0.1) is 12.3 Å². The van der Waals surface area contributed by atoms with Crippen LogP contribution in [0.25, 0.3) is 0 Å². The summed E-state index contributed by atoms with van der Waals surface area (Å²) in [5.74, 6) is 2.24. The Morgan fingerprint density at radius 2 is 1.52 bits per heavy atom. The Morgan fingerprint density at radius 3 is 1.95 bits per heavy atom. The number of terminal acetylenes is 1. The summed E-state index contributed by atoms with van der Waals surface area (Å²) in [5, 5.41) is 2.62. The Hall–Kier alpha value is -1.02. The molecule has 0 bridgehead atoms. The molecule has 21 heavy (non-hydrogen) atoms. The number of hydrogen-bond donors (Lipinski definition) is 1. The van der Waals surface area contributed by atoms with Gasteiger partial charge in [0.25, 0.3) is 0 Å². The van der Waals surface area contributed by atoms with Gasteiger partial charge in [0.2, 0.25) is 0 Å².